The number of nitrogens with one attached hydrogen (secondary N) is 1. The van der Waals surface area contributed by atoms with Gasteiger partial charge in [-0.05, 0) is 32.9 Å². The van der Waals surface area contributed by atoms with Gasteiger partial charge in [0.25, 0.3) is 5.56 Å². The molecule has 1 amide bonds. The molecule has 0 atom stereocenters. The first-order valence-corrected chi connectivity index (χ1v) is 7.86. The second kappa shape index (κ2) is 6.76. The van der Waals surface area contributed by atoms with E-state index in [0.29, 0.717) is 34.9 Å². The van der Waals surface area contributed by atoms with E-state index in [9.17, 15) is 9.59 Å². The number of rotatable bonds is 5. The summed E-state index contributed by atoms with van der Waals surface area (Å²) < 4.78 is 11.6. The Balaban J connectivity index is 1.86. The summed E-state index contributed by atoms with van der Waals surface area (Å²) in [5.74, 6) is 0.706. The maximum absolute atomic E-state index is 12.4. The molecule has 3 rings (SSSR count). The zero-order valence-corrected chi connectivity index (χ0v) is 14.2. The van der Waals surface area contributed by atoms with Gasteiger partial charge in [-0.3, -0.25) is 9.59 Å². The number of anilines is 1. The molecule has 1 aromatic carbocycles. The van der Waals surface area contributed by atoms with Gasteiger partial charge in [0.05, 0.1) is 23.4 Å². The van der Waals surface area contributed by atoms with E-state index in [1.54, 1.807) is 32.0 Å². The average molecular weight is 342 g/mol. The molecule has 2 aromatic heterocycles. The molecule has 0 aliphatic heterocycles. The lowest BCUT2D eigenvalue weighted by molar-refractivity contribution is -0.117. The second-order valence-electron chi connectivity index (χ2n) is 5.49. The summed E-state index contributed by atoms with van der Waals surface area (Å²) in [6.07, 6.45) is 0. The number of carbonyl (C=O) groups excluding carboxylic acids is 1. The van der Waals surface area contributed by atoms with E-state index in [2.05, 4.69) is 15.6 Å². The first-order valence-electron chi connectivity index (χ1n) is 7.86. The van der Waals surface area contributed by atoms with Gasteiger partial charge in [-0.2, -0.15) is 5.10 Å². The number of ether oxygens (including phenoxy) is 1. The van der Waals surface area contributed by atoms with Gasteiger partial charge in [-0.15, -0.1) is 0 Å². The fourth-order valence-corrected chi connectivity index (χ4v) is 2.63. The maximum atomic E-state index is 12.4. The van der Waals surface area contributed by atoms with E-state index in [1.807, 2.05) is 13.0 Å². The van der Waals surface area contributed by atoms with Crippen LogP contribution >= 0.6 is 0 Å². The number of hydrogen-bond donors (Lipinski definition) is 1. The van der Waals surface area contributed by atoms with Crippen molar-refractivity contribution in [1.82, 2.24) is 14.9 Å². The third-order valence-electron chi connectivity index (χ3n) is 3.69. The van der Waals surface area contributed by atoms with Crippen LogP contribution in [-0.4, -0.2) is 27.5 Å². The molecule has 25 heavy (non-hydrogen) atoms. The summed E-state index contributed by atoms with van der Waals surface area (Å²) in [4.78, 5) is 24.8. The molecule has 0 aliphatic carbocycles. The Morgan fingerprint density at radius 1 is 1.32 bits per heavy atom. The molecule has 8 heteroatoms. The van der Waals surface area contributed by atoms with Crippen molar-refractivity contribution in [2.24, 2.45) is 0 Å². The van der Waals surface area contributed by atoms with Crippen LogP contribution in [0.4, 0.5) is 5.69 Å². The molecule has 130 valence electrons. The van der Waals surface area contributed by atoms with Crippen LogP contribution in [0.2, 0.25) is 0 Å². The van der Waals surface area contributed by atoms with Crippen LogP contribution in [-0.2, 0) is 11.3 Å². The summed E-state index contributed by atoms with van der Waals surface area (Å²) in [5, 5.41) is 11.3. The molecule has 2 heterocycles. The van der Waals surface area contributed by atoms with Crippen molar-refractivity contribution in [3.8, 4) is 5.75 Å². The molecule has 3 aromatic rings. The molecule has 0 saturated carbocycles. The summed E-state index contributed by atoms with van der Waals surface area (Å²) in [6.45, 7) is 5.56. The zero-order chi connectivity index (χ0) is 18.0. The molecule has 0 fully saturated rings. The second-order valence-corrected chi connectivity index (χ2v) is 5.49. The van der Waals surface area contributed by atoms with Gasteiger partial charge in [0, 0.05) is 0 Å². The highest BCUT2D eigenvalue weighted by molar-refractivity contribution is 5.92. The van der Waals surface area contributed by atoms with Gasteiger partial charge in [0.15, 0.2) is 5.52 Å². The number of para-hydroxylation sites is 2. The van der Waals surface area contributed by atoms with Crippen LogP contribution in [0.1, 0.15) is 18.4 Å². The van der Waals surface area contributed by atoms with Crippen molar-refractivity contribution in [3.63, 3.8) is 0 Å². The van der Waals surface area contributed by atoms with Gasteiger partial charge < -0.3 is 14.6 Å². The van der Waals surface area contributed by atoms with E-state index in [1.165, 1.54) is 0 Å². The minimum Gasteiger partial charge on any atom is -0.492 e. The number of hydrogen-bond acceptors (Lipinski definition) is 6. The Labute approximate surface area is 143 Å². The quantitative estimate of drug-likeness (QED) is 0.762. The lowest BCUT2D eigenvalue weighted by Gasteiger charge is -2.11. The fourth-order valence-electron chi connectivity index (χ4n) is 2.63. The van der Waals surface area contributed by atoms with Crippen LogP contribution < -0.4 is 15.6 Å². The zero-order valence-electron chi connectivity index (χ0n) is 14.2. The highest BCUT2D eigenvalue weighted by Crippen LogP contribution is 2.23. The molecule has 1 N–H and O–H groups in total. The third-order valence-corrected chi connectivity index (χ3v) is 3.69. The summed E-state index contributed by atoms with van der Waals surface area (Å²) in [5.41, 5.74) is 0.826. The van der Waals surface area contributed by atoms with Crippen molar-refractivity contribution >= 4 is 22.5 Å². The monoisotopic (exact) mass is 342 g/mol. The first kappa shape index (κ1) is 16.7. The average Bonchev–Trinajstić information content (AvgIpc) is 2.97. The predicted octanol–water partition coefficient (Wildman–Crippen LogP) is 2.04. The Morgan fingerprint density at radius 2 is 2.08 bits per heavy atom. The predicted molar refractivity (Wildman–Crippen MR) is 91.8 cm³/mol. The van der Waals surface area contributed by atoms with Crippen LogP contribution in [0, 0.1) is 13.8 Å². The lowest BCUT2D eigenvalue weighted by Crippen LogP contribution is -2.30. The van der Waals surface area contributed by atoms with Crippen molar-refractivity contribution in [3.05, 3.63) is 46.1 Å². The van der Waals surface area contributed by atoms with Crippen molar-refractivity contribution < 1.29 is 14.1 Å². The molecule has 0 radical (unpaired) electrons. The Hall–Kier alpha value is -3.16. The summed E-state index contributed by atoms with van der Waals surface area (Å²) in [6, 6.07) is 7.10. The Kier molecular flexibility index (Phi) is 4.51. The molecule has 0 bridgehead atoms. The van der Waals surface area contributed by atoms with E-state index < -0.39 is 5.56 Å². The number of benzene rings is 1. The molecular weight excluding hydrogens is 324 g/mol. The van der Waals surface area contributed by atoms with Crippen LogP contribution in [0.15, 0.2) is 33.6 Å². The van der Waals surface area contributed by atoms with Crippen molar-refractivity contribution in [2.45, 2.75) is 27.3 Å². The van der Waals surface area contributed by atoms with Gasteiger partial charge in [0.2, 0.25) is 5.91 Å². The highest BCUT2D eigenvalue weighted by atomic mass is 16.5. The molecule has 8 nitrogen and oxygen atoms in total. The summed E-state index contributed by atoms with van der Waals surface area (Å²) >= 11 is 0. The first-order chi connectivity index (χ1) is 12.0. The number of carbonyl (C=O) groups is 1. The van der Waals surface area contributed by atoms with Crippen LogP contribution in [0.3, 0.4) is 0 Å². The van der Waals surface area contributed by atoms with Gasteiger partial charge >= 0.3 is 0 Å². The van der Waals surface area contributed by atoms with Crippen molar-refractivity contribution in [2.75, 3.05) is 11.9 Å². The third kappa shape index (κ3) is 3.23. The molecule has 0 saturated heterocycles. The van der Waals surface area contributed by atoms with Crippen LogP contribution in [0.25, 0.3) is 10.9 Å². The van der Waals surface area contributed by atoms with E-state index in [4.69, 9.17) is 9.26 Å². The summed E-state index contributed by atoms with van der Waals surface area (Å²) in [7, 11) is 0. The minimum absolute atomic E-state index is 0.174. The topological polar surface area (TPSA) is 99.2 Å². The number of aryl methyl sites for hydroxylation is 2. The fraction of sp³-hybridized carbons (Fsp3) is 0.294. The number of amides is 1. The van der Waals surface area contributed by atoms with E-state index in [-0.39, 0.29) is 18.0 Å². The minimum atomic E-state index is -0.467. The molecule has 0 spiro atoms. The van der Waals surface area contributed by atoms with Gasteiger partial charge in [0.1, 0.15) is 18.1 Å². The molecule has 0 unspecified atom stereocenters. The van der Waals surface area contributed by atoms with Crippen LogP contribution in [0.5, 0.6) is 5.75 Å². The van der Waals surface area contributed by atoms with Gasteiger partial charge in [-0.25, -0.2) is 4.68 Å². The van der Waals surface area contributed by atoms with E-state index >= 15 is 0 Å². The van der Waals surface area contributed by atoms with E-state index in [0.717, 1.165) is 4.68 Å². The number of nitrogens with zero attached hydrogens (tertiary/aromatic N) is 3. The lowest BCUT2D eigenvalue weighted by atomic mass is 10.2. The largest absolute Gasteiger partial charge is 0.492 e. The highest BCUT2D eigenvalue weighted by Gasteiger charge is 2.17. The number of aromatic nitrogens is 3. The van der Waals surface area contributed by atoms with Gasteiger partial charge in [-0.1, -0.05) is 17.3 Å². The standard InChI is InChI=1S/C17H18N4O4/c1-4-24-13-8-6-5-7-12(13)18-14(22)9-21-17(23)16-15(10(2)19-21)11(3)25-20-16/h5-8H,4,9H2,1-3H3,(H,18,22). The SMILES string of the molecule is CCOc1ccccc1NC(=O)Cn1nc(C)c2c(C)onc2c1=O. The maximum Gasteiger partial charge on any atom is 0.297 e. The molecule has 0 aliphatic rings. The molecular formula is C17H18N4O4. The van der Waals surface area contributed by atoms with Crippen molar-refractivity contribution in [1.29, 1.82) is 0 Å². The Morgan fingerprint density at radius 3 is 2.84 bits per heavy atom. The smallest absolute Gasteiger partial charge is 0.297 e. The Bertz CT molecular complexity index is 990. The number of fused-ring (bicyclic) bond motifs is 1. The normalized spacial score (nSPS) is 10.8.